The number of carbonyl (C=O) groups excluding carboxylic acids is 1. The van der Waals surface area contributed by atoms with E-state index in [1.807, 2.05) is 0 Å². The third kappa shape index (κ3) is 2.91. The maximum Gasteiger partial charge on any atom is 0.410 e. The number of thiocarbonyl (C=S) groups is 1. The molecule has 1 aromatic rings. The zero-order valence-corrected chi connectivity index (χ0v) is 8.01. The first-order chi connectivity index (χ1) is 6.59. The molecule has 1 aromatic carbocycles. The smallest absolute Gasteiger partial charge is 0.408 e. The zero-order chi connectivity index (χ0) is 10.6. The summed E-state index contributed by atoms with van der Waals surface area (Å²) in [6.45, 7) is 0. The third-order valence-corrected chi connectivity index (χ3v) is 1.46. The lowest BCUT2D eigenvalue weighted by Gasteiger charge is -2.08. The Labute approximate surface area is 86.0 Å². The first-order valence-electron chi connectivity index (χ1n) is 3.72. The number of hydrogen-bond acceptors (Lipinski definition) is 3. The van der Waals surface area contributed by atoms with Crippen LogP contribution >= 0.6 is 12.2 Å². The highest BCUT2D eigenvalue weighted by Gasteiger charge is 2.05. The van der Waals surface area contributed by atoms with Crippen molar-refractivity contribution in [2.45, 2.75) is 0 Å². The number of para-hydroxylation sites is 2. The van der Waals surface area contributed by atoms with Crippen LogP contribution in [0.1, 0.15) is 0 Å². The van der Waals surface area contributed by atoms with Crippen LogP contribution in [-0.2, 0) is 0 Å². The van der Waals surface area contributed by atoms with Crippen molar-refractivity contribution in [3.63, 3.8) is 0 Å². The van der Waals surface area contributed by atoms with Gasteiger partial charge in [-0.3, -0.25) is 0 Å². The van der Waals surface area contributed by atoms with E-state index >= 15 is 0 Å². The average molecular weight is 211 g/mol. The van der Waals surface area contributed by atoms with Crippen molar-refractivity contribution in [1.29, 1.82) is 0 Å². The summed E-state index contributed by atoms with van der Waals surface area (Å²) in [4.78, 5) is 10.5. The maximum atomic E-state index is 10.5. The fourth-order valence-corrected chi connectivity index (χ4v) is 1.01. The molecule has 5 N–H and O–H groups in total. The van der Waals surface area contributed by atoms with E-state index in [1.54, 1.807) is 24.3 Å². The van der Waals surface area contributed by atoms with Gasteiger partial charge in [-0.2, -0.15) is 0 Å². The van der Waals surface area contributed by atoms with Crippen LogP contribution in [0.25, 0.3) is 0 Å². The fourth-order valence-electron chi connectivity index (χ4n) is 0.900. The van der Waals surface area contributed by atoms with Gasteiger partial charge in [0.25, 0.3) is 0 Å². The van der Waals surface area contributed by atoms with Crippen LogP contribution in [0.15, 0.2) is 24.3 Å². The van der Waals surface area contributed by atoms with E-state index in [1.165, 1.54) is 0 Å². The molecule has 0 fully saturated rings. The van der Waals surface area contributed by atoms with Gasteiger partial charge in [0.15, 0.2) is 10.9 Å². The molecule has 0 aliphatic rings. The largest absolute Gasteiger partial charge is 0.410 e. The fraction of sp³-hybridized carbons (Fsp3) is 0. The van der Waals surface area contributed by atoms with E-state index < -0.39 is 6.09 Å². The quantitative estimate of drug-likeness (QED) is 0.629. The SMILES string of the molecule is NC(=O)Oc1ccccc1NC(N)=S. The summed E-state index contributed by atoms with van der Waals surface area (Å²) in [5.74, 6) is 0.285. The van der Waals surface area contributed by atoms with Crippen LogP contribution in [0.3, 0.4) is 0 Å². The van der Waals surface area contributed by atoms with Gasteiger partial charge in [-0.1, -0.05) is 12.1 Å². The van der Waals surface area contributed by atoms with Gasteiger partial charge in [-0.05, 0) is 24.4 Å². The van der Waals surface area contributed by atoms with Crippen molar-refractivity contribution in [3.8, 4) is 5.75 Å². The standard InChI is InChI=1S/C8H9N3O2S/c9-7(14)11-5-3-1-2-4-6(5)13-8(10)12/h1-4H,(H2,10,12)(H3,9,11,14). The molecule has 0 aliphatic heterocycles. The minimum atomic E-state index is -0.887. The molecule has 0 unspecified atom stereocenters. The molecule has 74 valence electrons. The molecular formula is C8H9N3O2S. The second kappa shape index (κ2) is 4.43. The van der Waals surface area contributed by atoms with Crippen LogP contribution in [0.4, 0.5) is 10.5 Å². The number of ether oxygens (including phenoxy) is 1. The van der Waals surface area contributed by atoms with Gasteiger partial charge in [-0.15, -0.1) is 0 Å². The molecule has 1 amide bonds. The zero-order valence-electron chi connectivity index (χ0n) is 7.19. The van der Waals surface area contributed by atoms with Gasteiger partial charge in [-0.25, -0.2) is 4.79 Å². The number of nitrogens with two attached hydrogens (primary N) is 2. The Bertz CT molecular complexity index is 332. The number of amides is 1. The van der Waals surface area contributed by atoms with Crippen molar-refractivity contribution >= 4 is 29.1 Å². The highest BCUT2D eigenvalue weighted by molar-refractivity contribution is 7.80. The highest BCUT2D eigenvalue weighted by atomic mass is 32.1. The monoisotopic (exact) mass is 211 g/mol. The van der Waals surface area contributed by atoms with Crippen molar-refractivity contribution in [2.75, 3.05) is 5.32 Å². The minimum absolute atomic E-state index is 0.0884. The summed E-state index contributed by atoms with van der Waals surface area (Å²) in [6, 6.07) is 6.68. The lowest BCUT2D eigenvalue weighted by molar-refractivity contribution is 0.211. The van der Waals surface area contributed by atoms with Gasteiger partial charge < -0.3 is 21.5 Å². The summed E-state index contributed by atoms with van der Waals surface area (Å²) in [5.41, 5.74) is 10.6. The van der Waals surface area contributed by atoms with E-state index in [-0.39, 0.29) is 10.9 Å². The predicted molar refractivity (Wildman–Crippen MR) is 57.1 cm³/mol. The third-order valence-electron chi connectivity index (χ3n) is 1.36. The Morgan fingerprint density at radius 3 is 2.57 bits per heavy atom. The van der Waals surface area contributed by atoms with Crippen LogP contribution in [-0.4, -0.2) is 11.2 Å². The topological polar surface area (TPSA) is 90.4 Å². The summed E-state index contributed by atoms with van der Waals surface area (Å²) in [5, 5.41) is 2.74. The number of primary amides is 1. The number of rotatable bonds is 2. The number of anilines is 1. The second-order valence-corrected chi connectivity index (χ2v) is 2.85. The van der Waals surface area contributed by atoms with Crippen molar-refractivity contribution in [2.24, 2.45) is 11.5 Å². The number of benzene rings is 1. The maximum absolute atomic E-state index is 10.5. The summed E-state index contributed by atoms with van der Waals surface area (Å²) in [6.07, 6.45) is -0.887. The molecule has 1 rings (SSSR count). The Hall–Kier alpha value is -1.82. The van der Waals surface area contributed by atoms with Gasteiger partial charge >= 0.3 is 6.09 Å². The van der Waals surface area contributed by atoms with E-state index in [4.69, 9.17) is 16.2 Å². The number of hydrogen-bond donors (Lipinski definition) is 3. The molecule has 0 saturated heterocycles. The molecule has 6 heteroatoms. The van der Waals surface area contributed by atoms with Crippen LogP contribution in [0.2, 0.25) is 0 Å². The molecular weight excluding hydrogens is 202 g/mol. The van der Waals surface area contributed by atoms with Gasteiger partial charge in [0.05, 0.1) is 5.69 Å². The van der Waals surface area contributed by atoms with E-state index in [9.17, 15) is 4.79 Å². The van der Waals surface area contributed by atoms with Crippen LogP contribution < -0.4 is 21.5 Å². The normalized spacial score (nSPS) is 9.14. The molecule has 5 nitrogen and oxygen atoms in total. The molecule has 0 bridgehead atoms. The molecule has 14 heavy (non-hydrogen) atoms. The van der Waals surface area contributed by atoms with Gasteiger partial charge in [0.2, 0.25) is 0 Å². The summed E-state index contributed by atoms with van der Waals surface area (Å²) >= 11 is 4.65. The Balaban J connectivity index is 2.90. The summed E-state index contributed by atoms with van der Waals surface area (Å²) in [7, 11) is 0. The number of nitrogens with one attached hydrogen (secondary N) is 1. The Morgan fingerprint density at radius 2 is 2.00 bits per heavy atom. The minimum Gasteiger partial charge on any atom is -0.408 e. The first-order valence-corrected chi connectivity index (χ1v) is 4.13. The second-order valence-electron chi connectivity index (χ2n) is 2.41. The predicted octanol–water partition coefficient (Wildman–Crippen LogP) is 0.800. The molecule has 0 aliphatic carbocycles. The number of carbonyl (C=O) groups is 1. The van der Waals surface area contributed by atoms with Crippen LogP contribution in [0, 0.1) is 0 Å². The van der Waals surface area contributed by atoms with Crippen molar-refractivity contribution < 1.29 is 9.53 Å². The molecule has 0 saturated carbocycles. The van der Waals surface area contributed by atoms with Gasteiger partial charge in [0, 0.05) is 0 Å². The van der Waals surface area contributed by atoms with Crippen molar-refractivity contribution in [1.82, 2.24) is 0 Å². The Kier molecular flexibility index (Phi) is 3.24. The molecule has 0 atom stereocenters. The molecule has 0 radical (unpaired) electrons. The highest BCUT2D eigenvalue weighted by Crippen LogP contribution is 2.23. The molecule has 0 heterocycles. The van der Waals surface area contributed by atoms with E-state index in [0.717, 1.165) is 0 Å². The first kappa shape index (κ1) is 10.3. The van der Waals surface area contributed by atoms with Crippen molar-refractivity contribution in [3.05, 3.63) is 24.3 Å². The van der Waals surface area contributed by atoms with Crippen LogP contribution in [0.5, 0.6) is 5.75 Å². The lowest BCUT2D eigenvalue weighted by Crippen LogP contribution is -2.21. The average Bonchev–Trinajstić information content (AvgIpc) is 2.06. The van der Waals surface area contributed by atoms with E-state index in [2.05, 4.69) is 17.5 Å². The summed E-state index contributed by atoms with van der Waals surface area (Å²) < 4.78 is 4.71. The van der Waals surface area contributed by atoms with Gasteiger partial charge in [0.1, 0.15) is 0 Å². The molecule has 0 aromatic heterocycles. The lowest BCUT2D eigenvalue weighted by atomic mass is 10.3. The molecule has 0 spiro atoms. The van der Waals surface area contributed by atoms with E-state index in [0.29, 0.717) is 5.69 Å². The Morgan fingerprint density at radius 1 is 1.36 bits per heavy atom.